The van der Waals surface area contributed by atoms with E-state index in [-0.39, 0.29) is 17.1 Å². The van der Waals surface area contributed by atoms with Crippen LogP contribution in [0.1, 0.15) is 40.6 Å². The van der Waals surface area contributed by atoms with Crippen LogP contribution < -0.4 is 9.47 Å². The molecule has 1 fully saturated rings. The summed E-state index contributed by atoms with van der Waals surface area (Å²) in [5, 5.41) is 10.7. The molecular formula is C30H30FNO4S. The van der Waals surface area contributed by atoms with E-state index in [9.17, 15) is 14.3 Å². The van der Waals surface area contributed by atoms with Crippen LogP contribution >= 0.6 is 11.3 Å². The number of likely N-dealkylation sites (tertiary alicyclic amines) is 1. The molecule has 0 bridgehead atoms. The molecule has 0 aliphatic carbocycles. The minimum atomic E-state index is -0.472. The lowest BCUT2D eigenvalue weighted by Gasteiger charge is -2.15. The van der Waals surface area contributed by atoms with Crippen molar-refractivity contribution >= 4 is 27.2 Å². The number of ketones is 1. The Balaban J connectivity index is 1.32. The third-order valence-electron chi connectivity index (χ3n) is 6.72. The Morgan fingerprint density at radius 3 is 2.65 bits per heavy atom. The number of phenolic OH excluding ortho intramolecular Hbond substituents is 1. The molecule has 0 radical (unpaired) electrons. The van der Waals surface area contributed by atoms with E-state index in [0.29, 0.717) is 38.6 Å². The van der Waals surface area contributed by atoms with Crippen LogP contribution in [-0.4, -0.2) is 42.0 Å². The number of aromatic hydroxyl groups is 1. The van der Waals surface area contributed by atoms with Gasteiger partial charge in [-0.1, -0.05) is 13.0 Å². The number of hydrogen-bond acceptors (Lipinski definition) is 6. The SMILES string of the molecule is Cc1ccc(F)cc1C(=O)c1sc2cc(O)ccc2c1Oc1ccc(OCCCN2CC[C@@H](C)C2)cc1. The van der Waals surface area contributed by atoms with E-state index in [2.05, 4.69) is 11.8 Å². The molecule has 1 aliphatic rings. The van der Waals surface area contributed by atoms with Gasteiger partial charge in [0, 0.05) is 28.7 Å². The summed E-state index contributed by atoms with van der Waals surface area (Å²) in [6, 6.07) is 16.4. The Morgan fingerprint density at radius 2 is 1.89 bits per heavy atom. The number of phenols is 1. The molecule has 1 atom stereocenters. The van der Waals surface area contributed by atoms with Crippen molar-refractivity contribution in [1.82, 2.24) is 4.90 Å². The maximum absolute atomic E-state index is 13.9. The first-order valence-electron chi connectivity index (χ1n) is 12.6. The summed E-state index contributed by atoms with van der Waals surface area (Å²) in [5.74, 6) is 1.79. The van der Waals surface area contributed by atoms with Crippen LogP contribution in [0.3, 0.4) is 0 Å². The summed E-state index contributed by atoms with van der Waals surface area (Å²) in [7, 11) is 0. The van der Waals surface area contributed by atoms with Crippen LogP contribution in [0.5, 0.6) is 23.0 Å². The summed E-state index contributed by atoms with van der Waals surface area (Å²) in [5.41, 5.74) is 0.964. The van der Waals surface area contributed by atoms with Gasteiger partial charge >= 0.3 is 0 Å². The van der Waals surface area contributed by atoms with Gasteiger partial charge in [-0.25, -0.2) is 4.39 Å². The fourth-order valence-electron chi connectivity index (χ4n) is 4.70. The minimum Gasteiger partial charge on any atom is -0.508 e. The number of nitrogens with zero attached hydrogens (tertiary/aromatic N) is 1. The van der Waals surface area contributed by atoms with Crippen molar-refractivity contribution in [3.8, 4) is 23.0 Å². The first-order valence-corrected chi connectivity index (χ1v) is 13.4. The standard InChI is InChI=1S/C30H30FNO4S/c1-19-12-14-32(18-19)13-3-15-35-23-7-9-24(10-8-23)36-29-25-11-6-22(33)17-27(25)37-30(29)28(34)26-16-21(31)5-4-20(26)2/h4-11,16-17,19,33H,3,12-15,18H2,1-2H3/t19-/m1/s1. The number of carbonyl (C=O) groups is 1. The Bertz CT molecular complexity index is 1420. The highest BCUT2D eigenvalue weighted by molar-refractivity contribution is 7.21. The van der Waals surface area contributed by atoms with Gasteiger partial charge in [-0.3, -0.25) is 4.79 Å². The van der Waals surface area contributed by atoms with Gasteiger partial charge in [0.25, 0.3) is 0 Å². The van der Waals surface area contributed by atoms with Crippen LogP contribution in [0, 0.1) is 18.7 Å². The average Bonchev–Trinajstić information content (AvgIpc) is 3.46. The highest BCUT2D eigenvalue weighted by Gasteiger charge is 2.24. The molecule has 192 valence electrons. The predicted octanol–water partition coefficient (Wildman–Crippen LogP) is 7.19. The second-order valence-corrected chi connectivity index (χ2v) is 10.8. The maximum atomic E-state index is 13.9. The third kappa shape index (κ3) is 5.78. The van der Waals surface area contributed by atoms with Crippen LogP contribution in [0.2, 0.25) is 0 Å². The highest BCUT2D eigenvalue weighted by Crippen LogP contribution is 2.43. The first kappa shape index (κ1) is 25.2. The van der Waals surface area contributed by atoms with Gasteiger partial charge in [0.1, 0.15) is 27.9 Å². The quantitative estimate of drug-likeness (QED) is 0.187. The normalized spacial score (nSPS) is 15.8. The van der Waals surface area contributed by atoms with Crippen molar-refractivity contribution in [1.29, 1.82) is 0 Å². The second kappa shape index (κ2) is 10.9. The zero-order valence-corrected chi connectivity index (χ0v) is 21.8. The monoisotopic (exact) mass is 519 g/mol. The van der Waals surface area contributed by atoms with E-state index in [4.69, 9.17) is 9.47 Å². The van der Waals surface area contributed by atoms with Crippen LogP contribution in [-0.2, 0) is 0 Å². The minimum absolute atomic E-state index is 0.0991. The molecule has 37 heavy (non-hydrogen) atoms. The maximum Gasteiger partial charge on any atom is 0.207 e. The van der Waals surface area contributed by atoms with Crippen LogP contribution in [0.4, 0.5) is 4.39 Å². The van der Waals surface area contributed by atoms with Gasteiger partial charge in [-0.05, 0) is 92.4 Å². The molecule has 5 rings (SSSR count). The Labute approximate surface area is 220 Å². The van der Waals surface area contributed by atoms with Crippen molar-refractivity contribution in [2.24, 2.45) is 5.92 Å². The van der Waals surface area contributed by atoms with Gasteiger partial charge in [-0.2, -0.15) is 0 Å². The zero-order valence-electron chi connectivity index (χ0n) is 21.0. The van der Waals surface area contributed by atoms with Crippen LogP contribution in [0.15, 0.2) is 60.7 Å². The molecule has 1 aromatic heterocycles. The molecule has 0 spiro atoms. The number of benzene rings is 3. The molecule has 4 aromatic rings. The van der Waals surface area contributed by atoms with E-state index >= 15 is 0 Å². The molecule has 2 heterocycles. The van der Waals surface area contributed by atoms with Gasteiger partial charge in [0.15, 0.2) is 5.75 Å². The summed E-state index contributed by atoms with van der Waals surface area (Å²) in [6.07, 6.45) is 2.25. The number of halogens is 1. The molecule has 1 saturated heterocycles. The van der Waals surface area contributed by atoms with Gasteiger partial charge in [-0.15, -0.1) is 11.3 Å². The van der Waals surface area contributed by atoms with Crippen molar-refractivity contribution in [3.63, 3.8) is 0 Å². The smallest absolute Gasteiger partial charge is 0.207 e. The molecule has 1 N–H and O–H groups in total. The van der Waals surface area contributed by atoms with Gasteiger partial charge < -0.3 is 19.5 Å². The lowest BCUT2D eigenvalue weighted by atomic mass is 10.0. The van der Waals surface area contributed by atoms with E-state index in [1.54, 1.807) is 31.2 Å². The lowest BCUT2D eigenvalue weighted by Crippen LogP contribution is -2.22. The third-order valence-corrected chi connectivity index (χ3v) is 7.85. The highest BCUT2D eigenvalue weighted by atomic mass is 32.1. The Morgan fingerprint density at radius 1 is 1.11 bits per heavy atom. The van der Waals surface area contributed by atoms with Gasteiger partial charge in [0.05, 0.1) is 6.61 Å². The molecular weight excluding hydrogens is 489 g/mol. The summed E-state index contributed by atoms with van der Waals surface area (Å²) in [6.45, 7) is 8.11. The number of ether oxygens (including phenoxy) is 2. The molecule has 1 aliphatic heterocycles. The summed E-state index contributed by atoms with van der Waals surface area (Å²) >= 11 is 1.22. The van der Waals surface area contributed by atoms with Gasteiger partial charge in [0.2, 0.25) is 5.78 Å². The summed E-state index contributed by atoms with van der Waals surface area (Å²) < 4.78 is 26.8. The van der Waals surface area contributed by atoms with E-state index in [1.165, 1.54) is 43.0 Å². The van der Waals surface area contributed by atoms with Crippen molar-refractivity contribution in [2.45, 2.75) is 26.7 Å². The van der Waals surface area contributed by atoms with E-state index in [0.717, 1.165) is 24.6 Å². The number of hydrogen-bond donors (Lipinski definition) is 1. The number of aryl methyl sites for hydroxylation is 1. The van der Waals surface area contributed by atoms with Crippen molar-refractivity contribution in [2.75, 3.05) is 26.2 Å². The molecule has 7 heteroatoms. The predicted molar refractivity (Wildman–Crippen MR) is 145 cm³/mol. The zero-order chi connectivity index (χ0) is 25.9. The average molecular weight is 520 g/mol. The fourth-order valence-corrected chi connectivity index (χ4v) is 5.82. The molecule has 5 nitrogen and oxygen atoms in total. The molecule has 0 saturated carbocycles. The molecule has 0 amide bonds. The molecule has 3 aromatic carbocycles. The number of rotatable bonds is 9. The number of thiophene rings is 1. The Kier molecular flexibility index (Phi) is 7.44. The second-order valence-electron chi connectivity index (χ2n) is 9.70. The summed E-state index contributed by atoms with van der Waals surface area (Å²) in [4.78, 5) is 16.3. The van der Waals surface area contributed by atoms with Crippen molar-refractivity contribution < 1.29 is 23.8 Å². The fraction of sp³-hybridized carbons (Fsp3) is 0.300. The van der Waals surface area contributed by atoms with Crippen LogP contribution in [0.25, 0.3) is 10.1 Å². The van der Waals surface area contributed by atoms with E-state index < -0.39 is 5.82 Å². The lowest BCUT2D eigenvalue weighted by molar-refractivity contribution is 0.103. The first-order chi connectivity index (χ1) is 17.9. The number of fused-ring (bicyclic) bond motifs is 1. The largest absolute Gasteiger partial charge is 0.508 e. The van der Waals surface area contributed by atoms with E-state index in [1.807, 2.05) is 24.3 Å². The molecule has 0 unspecified atom stereocenters. The number of carbonyl (C=O) groups excluding carboxylic acids is 1. The van der Waals surface area contributed by atoms with Crippen molar-refractivity contribution in [3.05, 3.63) is 82.5 Å². The topological polar surface area (TPSA) is 59.0 Å². The Hall–Kier alpha value is -3.42.